The normalized spacial score (nSPS) is 25.8. The van der Waals surface area contributed by atoms with E-state index in [0.717, 1.165) is 18.8 Å². The van der Waals surface area contributed by atoms with Crippen molar-refractivity contribution in [2.45, 2.75) is 47.0 Å². The van der Waals surface area contributed by atoms with Gasteiger partial charge in [0.05, 0.1) is 0 Å². The molecular formula is C17H28. The number of hydrogen-bond acceptors (Lipinski definition) is 0. The predicted molar refractivity (Wildman–Crippen MR) is 77.9 cm³/mol. The third-order valence-corrected chi connectivity index (χ3v) is 3.77. The molecule has 0 nitrogen and oxygen atoms in total. The van der Waals surface area contributed by atoms with E-state index >= 15 is 0 Å². The highest BCUT2D eigenvalue weighted by atomic mass is 14.4. The zero-order valence-corrected chi connectivity index (χ0v) is 12.0. The largest absolute Gasteiger partial charge is 0.0992 e. The Balaban J connectivity index is 2.58. The first-order chi connectivity index (χ1) is 7.93. The van der Waals surface area contributed by atoms with E-state index in [1.807, 2.05) is 0 Å². The minimum Gasteiger partial charge on any atom is -0.0992 e. The quantitative estimate of drug-likeness (QED) is 0.558. The highest BCUT2D eigenvalue weighted by Crippen LogP contribution is 2.45. The van der Waals surface area contributed by atoms with Crippen molar-refractivity contribution in [3.63, 3.8) is 0 Å². The average Bonchev–Trinajstić information content (AvgIpc) is 2.48. The zero-order chi connectivity index (χ0) is 13.0. The third-order valence-electron chi connectivity index (χ3n) is 3.77. The molecule has 2 unspecified atom stereocenters. The van der Waals surface area contributed by atoms with Gasteiger partial charge in [0.1, 0.15) is 0 Å². The van der Waals surface area contributed by atoms with Crippen LogP contribution in [0.1, 0.15) is 47.0 Å². The van der Waals surface area contributed by atoms with Crippen LogP contribution in [0.3, 0.4) is 0 Å². The van der Waals surface area contributed by atoms with Crippen LogP contribution in [0.25, 0.3) is 0 Å². The van der Waals surface area contributed by atoms with Gasteiger partial charge in [-0.25, -0.2) is 0 Å². The van der Waals surface area contributed by atoms with Crippen molar-refractivity contribution >= 4 is 0 Å². The average molecular weight is 232 g/mol. The molecule has 0 aliphatic heterocycles. The second kappa shape index (κ2) is 6.23. The Bertz CT molecular complexity index is 304. The summed E-state index contributed by atoms with van der Waals surface area (Å²) in [5.41, 5.74) is 2.79. The second-order valence-electron chi connectivity index (χ2n) is 6.21. The molecule has 1 aliphatic rings. The summed E-state index contributed by atoms with van der Waals surface area (Å²) in [6.45, 7) is 17.6. The van der Waals surface area contributed by atoms with E-state index in [-0.39, 0.29) is 0 Å². The summed E-state index contributed by atoms with van der Waals surface area (Å²) in [6.07, 6.45) is 8.06. The lowest BCUT2D eigenvalue weighted by Crippen LogP contribution is -2.15. The Hall–Kier alpha value is -0.780. The van der Waals surface area contributed by atoms with Crippen LogP contribution >= 0.6 is 0 Å². The first kappa shape index (κ1) is 14.3. The van der Waals surface area contributed by atoms with E-state index in [1.165, 1.54) is 17.6 Å². The molecule has 0 saturated heterocycles. The van der Waals surface area contributed by atoms with Crippen molar-refractivity contribution in [2.75, 3.05) is 0 Å². The summed E-state index contributed by atoms with van der Waals surface area (Å²) in [7, 11) is 0. The molecule has 0 bridgehead atoms. The molecule has 0 aromatic carbocycles. The molecule has 1 saturated carbocycles. The number of allylic oxidation sites excluding steroid dienone is 4. The highest BCUT2D eigenvalue weighted by Gasteiger charge is 2.34. The second-order valence-corrected chi connectivity index (χ2v) is 6.21. The molecule has 17 heavy (non-hydrogen) atoms. The molecule has 0 amide bonds. The fourth-order valence-corrected chi connectivity index (χ4v) is 2.94. The van der Waals surface area contributed by atoms with Crippen molar-refractivity contribution in [1.82, 2.24) is 0 Å². The Morgan fingerprint density at radius 2 is 1.76 bits per heavy atom. The minimum atomic E-state index is 0.630. The minimum absolute atomic E-state index is 0.630. The molecule has 0 aromatic rings. The first-order valence-electron chi connectivity index (χ1n) is 6.93. The van der Waals surface area contributed by atoms with Gasteiger partial charge in [-0.3, -0.25) is 0 Å². The maximum absolute atomic E-state index is 4.24. The van der Waals surface area contributed by atoms with Crippen LogP contribution in [0.4, 0.5) is 0 Å². The number of hydrogen-bond donors (Lipinski definition) is 0. The Morgan fingerprint density at radius 3 is 2.29 bits per heavy atom. The summed E-state index contributed by atoms with van der Waals surface area (Å²) < 4.78 is 0. The molecule has 96 valence electrons. The lowest BCUT2D eigenvalue weighted by atomic mass is 9.81. The van der Waals surface area contributed by atoms with Gasteiger partial charge >= 0.3 is 0 Å². The van der Waals surface area contributed by atoms with Crippen molar-refractivity contribution in [1.29, 1.82) is 0 Å². The monoisotopic (exact) mass is 232 g/mol. The van der Waals surface area contributed by atoms with Crippen LogP contribution in [0, 0.1) is 23.7 Å². The van der Waals surface area contributed by atoms with E-state index in [9.17, 15) is 0 Å². The van der Waals surface area contributed by atoms with Gasteiger partial charge in [0, 0.05) is 0 Å². The molecule has 0 aromatic heterocycles. The molecular weight excluding hydrogens is 204 g/mol. The molecule has 1 aliphatic carbocycles. The van der Waals surface area contributed by atoms with Crippen LogP contribution in [0.2, 0.25) is 0 Å². The summed E-state index contributed by atoms with van der Waals surface area (Å²) in [4.78, 5) is 0. The maximum atomic E-state index is 4.24. The van der Waals surface area contributed by atoms with Gasteiger partial charge in [-0.2, -0.15) is 0 Å². The van der Waals surface area contributed by atoms with Gasteiger partial charge in [0.2, 0.25) is 0 Å². The summed E-state index contributed by atoms with van der Waals surface area (Å²) in [6, 6.07) is 0. The smallest absolute Gasteiger partial charge is 0.0100 e. The van der Waals surface area contributed by atoms with Crippen LogP contribution in [0.15, 0.2) is 36.5 Å². The molecule has 2 atom stereocenters. The fraction of sp³-hybridized carbons (Fsp3) is 0.647. The molecule has 1 fully saturated rings. The van der Waals surface area contributed by atoms with Gasteiger partial charge in [0.25, 0.3) is 0 Å². The van der Waals surface area contributed by atoms with Gasteiger partial charge in [-0.15, -0.1) is 0 Å². The Kier molecular flexibility index (Phi) is 5.24. The molecule has 0 heteroatoms. The Labute approximate surface area is 108 Å². The Morgan fingerprint density at radius 1 is 1.12 bits per heavy atom. The predicted octanol–water partition coefficient (Wildman–Crippen LogP) is 5.38. The fourth-order valence-electron chi connectivity index (χ4n) is 2.94. The van der Waals surface area contributed by atoms with Crippen molar-refractivity contribution in [2.24, 2.45) is 23.7 Å². The van der Waals surface area contributed by atoms with Crippen LogP contribution in [-0.2, 0) is 0 Å². The van der Waals surface area contributed by atoms with Crippen molar-refractivity contribution in [3.05, 3.63) is 36.5 Å². The molecule has 0 N–H and O–H groups in total. The van der Waals surface area contributed by atoms with Crippen molar-refractivity contribution in [3.8, 4) is 0 Å². The lowest BCUT2D eigenvalue weighted by molar-refractivity contribution is 0.366. The first-order valence-corrected chi connectivity index (χ1v) is 6.93. The van der Waals surface area contributed by atoms with E-state index in [4.69, 9.17) is 0 Å². The van der Waals surface area contributed by atoms with Gasteiger partial charge < -0.3 is 0 Å². The summed E-state index contributed by atoms with van der Waals surface area (Å²) in [5, 5.41) is 0. The van der Waals surface area contributed by atoms with Gasteiger partial charge in [-0.1, -0.05) is 64.2 Å². The van der Waals surface area contributed by atoms with Gasteiger partial charge in [-0.05, 0) is 42.9 Å². The molecule has 0 spiro atoms. The maximum Gasteiger partial charge on any atom is -0.0100 e. The SMILES string of the molecule is C=C1CC(=C)C(C(C)C)C1C/C=C/CC(C)C. The summed E-state index contributed by atoms with van der Waals surface area (Å²) in [5.74, 6) is 2.72. The highest BCUT2D eigenvalue weighted by molar-refractivity contribution is 5.27. The topological polar surface area (TPSA) is 0 Å². The third kappa shape index (κ3) is 3.87. The molecule has 1 rings (SSSR count). The van der Waals surface area contributed by atoms with Crippen LogP contribution in [0.5, 0.6) is 0 Å². The van der Waals surface area contributed by atoms with Crippen molar-refractivity contribution < 1.29 is 0 Å². The van der Waals surface area contributed by atoms with E-state index in [2.05, 4.69) is 53.0 Å². The lowest BCUT2D eigenvalue weighted by Gasteiger charge is -2.23. The van der Waals surface area contributed by atoms with E-state index in [0.29, 0.717) is 17.8 Å². The molecule has 0 heterocycles. The summed E-state index contributed by atoms with van der Waals surface area (Å²) >= 11 is 0. The number of rotatable bonds is 5. The molecule has 0 radical (unpaired) electrons. The van der Waals surface area contributed by atoms with Gasteiger partial charge in [0.15, 0.2) is 0 Å². The standard InChI is InChI=1S/C17H28/c1-12(2)9-7-8-10-16-14(5)11-15(6)17(16)13(3)4/h7-8,12-13,16-17H,5-6,9-11H2,1-4H3/b8-7+. The van der Waals surface area contributed by atoms with E-state index in [1.54, 1.807) is 0 Å². The van der Waals surface area contributed by atoms with E-state index < -0.39 is 0 Å². The van der Waals surface area contributed by atoms with Crippen LogP contribution < -0.4 is 0 Å². The zero-order valence-electron chi connectivity index (χ0n) is 12.0. The van der Waals surface area contributed by atoms with Crippen LogP contribution in [-0.4, -0.2) is 0 Å².